The Balaban J connectivity index is 1.75. The summed E-state index contributed by atoms with van der Waals surface area (Å²) < 4.78 is 20.0. The molecule has 0 spiro atoms. The molecule has 0 bridgehead atoms. The lowest BCUT2D eigenvalue weighted by Gasteiger charge is -2.21. The van der Waals surface area contributed by atoms with Crippen LogP contribution in [0.15, 0.2) is 47.4 Å². The molecule has 1 aromatic heterocycles. The van der Waals surface area contributed by atoms with Crippen LogP contribution in [0.25, 0.3) is 10.2 Å². The van der Waals surface area contributed by atoms with Crippen LogP contribution in [0.2, 0.25) is 0 Å². The van der Waals surface area contributed by atoms with Crippen molar-refractivity contribution in [3.63, 3.8) is 0 Å². The van der Waals surface area contributed by atoms with Crippen molar-refractivity contribution in [2.24, 2.45) is 0 Å². The van der Waals surface area contributed by atoms with Gasteiger partial charge in [-0.15, -0.1) is 11.8 Å². The molecule has 0 fully saturated rings. The molecule has 2 aromatic carbocycles. The van der Waals surface area contributed by atoms with E-state index in [0.29, 0.717) is 17.2 Å². The summed E-state index contributed by atoms with van der Waals surface area (Å²) in [4.78, 5) is 22.2. The molecule has 1 heterocycles. The Labute approximate surface area is 178 Å². The summed E-state index contributed by atoms with van der Waals surface area (Å²) in [6.45, 7) is 1.40. The molecule has 3 aromatic rings. The zero-order valence-corrected chi connectivity index (χ0v) is 18.4. The summed E-state index contributed by atoms with van der Waals surface area (Å²) in [6.07, 6.45) is 0.810. The van der Waals surface area contributed by atoms with Gasteiger partial charge in [-0.3, -0.25) is 9.69 Å². The van der Waals surface area contributed by atoms with Crippen LogP contribution in [0.1, 0.15) is 6.42 Å². The van der Waals surface area contributed by atoms with Crippen molar-refractivity contribution in [1.82, 2.24) is 9.88 Å². The van der Waals surface area contributed by atoms with Crippen molar-refractivity contribution < 1.29 is 13.9 Å². The van der Waals surface area contributed by atoms with Crippen LogP contribution in [-0.4, -0.2) is 55.8 Å². The monoisotopic (exact) mass is 433 g/mol. The number of thiazole rings is 1. The Morgan fingerprint density at radius 3 is 2.59 bits per heavy atom. The van der Waals surface area contributed by atoms with Gasteiger partial charge in [-0.05, 0) is 63.5 Å². The summed E-state index contributed by atoms with van der Waals surface area (Å²) in [5.74, 6) is 0.664. The molecule has 0 saturated carbocycles. The lowest BCUT2D eigenvalue weighted by atomic mass is 10.3. The normalized spacial score (nSPS) is 11.2. The molecule has 0 N–H and O–H groups in total. The van der Waals surface area contributed by atoms with Gasteiger partial charge in [0.25, 0.3) is 0 Å². The van der Waals surface area contributed by atoms with Gasteiger partial charge < -0.3 is 9.64 Å². The lowest BCUT2D eigenvalue weighted by Crippen LogP contribution is -2.34. The zero-order chi connectivity index (χ0) is 20.8. The van der Waals surface area contributed by atoms with Crippen LogP contribution in [0.3, 0.4) is 0 Å². The molecule has 8 heteroatoms. The van der Waals surface area contributed by atoms with E-state index in [1.54, 1.807) is 18.1 Å². The SMILES string of the molecule is COc1ccc(SCC(=O)N(CCCN(C)C)c2nc3c(F)cccc3s2)cc1. The van der Waals surface area contributed by atoms with E-state index in [-0.39, 0.29) is 17.5 Å². The fraction of sp³-hybridized carbons (Fsp3) is 0.333. The average molecular weight is 434 g/mol. The average Bonchev–Trinajstić information content (AvgIpc) is 3.15. The van der Waals surface area contributed by atoms with Gasteiger partial charge in [0, 0.05) is 11.4 Å². The van der Waals surface area contributed by atoms with Crippen molar-refractivity contribution in [1.29, 1.82) is 0 Å². The highest BCUT2D eigenvalue weighted by Crippen LogP contribution is 2.31. The van der Waals surface area contributed by atoms with Crippen molar-refractivity contribution in [3.05, 3.63) is 48.3 Å². The number of carbonyl (C=O) groups excluding carboxylic acids is 1. The van der Waals surface area contributed by atoms with Crippen molar-refractivity contribution >= 4 is 44.4 Å². The van der Waals surface area contributed by atoms with Crippen LogP contribution < -0.4 is 9.64 Å². The molecule has 5 nitrogen and oxygen atoms in total. The summed E-state index contributed by atoms with van der Waals surface area (Å²) in [5, 5.41) is 0.546. The van der Waals surface area contributed by atoms with Crippen LogP contribution in [0.5, 0.6) is 5.75 Å². The van der Waals surface area contributed by atoms with Gasteiger partial charge in [-0.25, -0.2) is 9.37 Å². The van der Waals surface area contributed by atoms with Gasteiger partial charge in [0.1, 0.15) is 17.1 Å². The van der Waals surface area contributed by atoms with Crippen LogP contribution >= 0.6 is 23.1 Å². The Bertz CT molecular complexity index is 960. The molecule has 3 rings (SSSR count). The van der Waals surface area contributed by atoms with Gasteiger partial charge in [-0.1, -0.05) is 17.4 Å². The van der Waals surface area contributed by atoms with Gasteiger partial charge in [-0.2, -0.15) is 0 Å². The number of nitrogens with zero attached hydrogens (tertiary/aromatic N) is 3. The third kappa shape index (κ3) is 5.68. The minimum Gasteiger partial charge on any atom is -0.497 e. The van der Waals surface area contributed by atoms with Crippen molar-refractivity contribution in [2.45, 2.75) is 11.3 Å². The summed E-state index contributed by atoms with van der Waals surface area (Å²) in [6, 6.07) is 12.5. The van der Waals surface area contributed by atoms with E-state index in [4.69, 9.17) is 4.74 Å². The fourth-order valence-electron chi connectivity index (χ4n) is 2.79. The number of aromatic nitrogens is 1. The second kappa shape index (κ2) is 10.0. The second-order valence-electron chi connectivity index (χ2n) is 6.75. The van der Waals surface area contributed by atoms with Crippen LogP contribution in [-0.2, 0) is 4.79 Å². The summed E-state index contributed by atoms with van der Waals surface area (Å²) in [5.41, 5.74) is 0.320. The minimum absolute atomic E-state index is 0.0379. The number of thioether (sulfide) groups is 1. The first-order valence-electron chi connectivity index (χ1n) is 9.25. The topological polar surface area (TPSA) is 45.7 Å². The van der Waals surface area contributed by atoms with Crippen molar-refractivity contribution in [3.8, 4) is 5.75 Å². The molecule has 0 aliphatic carbocycles. The number of fused-ring (bicyclic) bond motifs is 1. The number of rotatable bonds is 9. The van der Waals surface area contributed by atoms with E-state index in [0.717, 1.165) is 28.3 Å². The highest BCUT2D eigenvalue weighted by Gasteiger charge is 2.20. The predicted octanol–water partition coefficient (Wildman–Crippen LogP) is 4.52. The predicted molar refractivity (Wildman–Crippen MR) is 119 cm³/mol. The van der Waals surface area contributed by atoms with Gasteiger partial charge in [0.05, 0.1) is 17.6 Å². The number of carbonyl (C=O) groups is 1. The number of para-hydroxylation sites is 1. The number of benzene rings is 2. The fourth-order valence-corrected chi connectivity index (χ4v) is 4.58. The highest BCUT2D eigenvalue weighted by atomic mass is 32.2. The number of amides is 1. The zero-order valence-electron chi connectivity index (χ0n) is 16.7. The number of hydrogen-bond acceptors (Lipinski definition) is 6. The first kappa shape index (κ1) is 21.5. The smallest absolute Gasteiger partial charge is 0.239 e. The summed E-state index contributed by atoms with van der Waals surface area (Å²) in [7, 11) is 5.62. The van der Waals surface area contributed by atoms with Gasteiger partial charge in [0.2, 0.25) is 5.91 Å². The number of halogens is 1. The molecule has 29 heavy (non-hydrogen) atoms. The molecular weight excluding hydrogens is 409 g/mol. The maximum atomic E-state index is 14.1. The van der Waals surface area contributed by atoms with Crippen molar-refractivity contribution in [2.75, 3.05) is 44.9 Å². The maximum absolute atomic E-state index is 14.1. The quantitative estimate of drug-likeness (QED) is 0.464. The molecular formula is C21H24FN3O2S2. The molecule has 0 aliphatic heterocycles. The largest absolute Gasteiger partial charge is 0.497 e. The first-order chi connectivity index (χ1) is 14.0. The lowest BCUT2D eigenvalue weighted by molar-refractivity contribution is -0.116. The highest BCUT2D eigenvalue weighted by molar-refractivity contribution is 8.00. The van der Waals surface area contributed by atoms with Crippen LogP contribution in [0.4, 0.5) is 9.52 Å². The maximum Gasteiger partial charge on any atom is 0.239 e. The minimum atomic E-state index is -0.363. The molecule has 0 atom stereocenters. The Hall–Kier alpha value is -2.16. The van der Waals surface area contributed by atoms with E-state index >= 15 is 0 Å². The van der Waals surface area contributed by atoms with Gasteiger partial charge in [0.15, 0.2) is 5.13 Å². The third-order valence-corrected chi connectivity index (χ3v) is 6.34. The number of anilines is 1. The van der Waals surface area contributed by atoms with E-state index in [9.17, 15) is 9.18 Å². The van der Waals surface area contributed by atoms with E-state index in [1.807, 2.05) is 44.4 Å². The first-order valence-corrected chi connectivity index (χ1v) is 11.0. The van der Waals surface area contributed by atoms with Gasteiger partial charge >= 0.3 is 0 Å². The molecule has 0 unspecified atom stereocenters. The molecule has 0 saturated heterocycles. The van der Waals surface area contributed by atoms with E-state index in [1.165, 1.54) is 29.2 Å². The Morgan fingerprint density at radius 2 is 1.93 bits per heavy atom. The van der Waals surface area contributed by atoms with E-state index in [2.05, 4.69) is 9.88 Å². The molecule has 0 radical (unpaired) electrons. The third-order valence-electron chi connectivity index (χ3n) is 4.30. The number of ether oxygens (including phenoxy) is 1. The van der Waals surface area contributed by atoms with E-state index < -0.39 is 0 Å². The van der Waals surface area contributed by atoms with Crippen LogP contribution in [0, 0.1) is 5.82 Å². The molecule has 1 amide bonds. The standard InChI is InChI=1S/C21H24FN3O2S2/c1-24(2)12-5-13-25(21-23-20-17(22)6-4-7-18(20)29-21)19(26)14-28-16-10-8-15(27-3)9-11-16/h4,6-11H,5,12-14H2,1-3H3. The summed E-state index contributed by atoms with van der Waals surface area (Å²) >= 11 is 2.81. The number of methoxy groups -OCH3 is 1. The number of hydrogen-bond donors (Lipinski definition) is 0. The molecule has 154 valence electrons. The molecule has 0 aliphatic rings. The Morgan fingerprint density at radius 1 is 1.17 bits per heavy atom. The Kier molecular flexibility index (Phi) is 7.46. The second-order valence-corrected chi connectivity index (χ2v) is 8.81.